The first-order chi connectivity index (χ1) is 61.4. The van der Waals surface area contributed by atoms with E-state index in [0.717, 1.165) is 64.6 Å². The van der Waals surface area contributed by atoms with Crippen LogP contribution in [0.5, 0.6) is 0 Å². The summed E-state index contributed by atoms with van der Waals surface area (Å²) in [4.78, 5) is 144. The van der Waals surface area contributed by atoms with Gasteiger partial charge in [0.2, 0.25) is 17.7 Å². The Morgan fingerprint density at radius 1 is 0.423 bits per heavy atom. The monoisotopic (exact) mass is 1780 g/mol. The van der Waals surface area contributed by atoms with Crippen LogP contribution in [0, 0.1) is 17.5 Å². The molecule has 30 nitrogen and oxygen atoms in total. The van der Waals surface area contributed by atoms with Gasteiger partial charge in [0, 0.05) is 110 Å². The molecule has 6 aromatic heterocycles. The van der Waals surface area contributed by atoms with E-state index in [1.165, 1.54) is 36.4 Å². The number of halogens is 3. The van der Waals surface area contributed by atoms with E-state index >= 15 is 0 Å². The first-order valence-corrected chi connectivity index (χ1v) is 44.8. The van der Waals surface area contributed by atoms with Gasteiger partial charge in [-0.2, -0.15) is 15.3 Å². The lowest BCUT2D eigenvalue weighted by atomic mass is 9.75. The molecule has 2 saturated carbocycles. The van der Waals surface area contributed by atoms with Crippen molar-refractivity contribution in [1.29, 1.82) is 0 Å². The third-order valence-electron chi connectivity index (χ3n) is 24.2. The summed E-state index contributed by atoms with van der Waals surface area (Å²) in [5.41, 5.74) is 5.94. The van der Waals surface area contributed by atoms with Crippen molar-refractivity contribution in [2.75, 3.05) is 58.9 Å². The molecule has 3 aliphatic heterocycles. The molecular weight excluding hydrogens is 1670 g/mol. The van der Waals surface area contributed by atoms with Crippen molar-refractivity contribution < 1.29 is 70.5 Å². The molecule has 4 aromatic carbocycles. The standard InChI is InChI=1S/C33H43FN6O4.C33H37FN6O4.C31H39FN6O4/c1-21(2)25-18-26(23-10-12-24(34)13-11-23)37-40-20-27(35-28(25)40)29(41)38-16-17-39(22(3)19-38)30(42)33(14-8-7-9-15-33)36-31(43)44-32(4,5)6;1-21(2)26-17-27(24-11-13-25(34)14-12-24)37-40-19-28(35-29(26)40)30(41)38-15-16-39(22(3)18-38)31(42)33(4,5)36-32(43)44-20-23-9-7-6-8-10-23;1-19(2)23-16-24(21-8-10-22(32)11-9-21)35-38-18-25(33-26(23)38)27(39)36-14-15-37(20(3)17-36)28(40)31(12-7-13-31)34-29(41)42-30(4,5)6/h10-13,18,20-22H,7-9,14-17,19H2,1-6H3,(H,36,43);6-14,17,19,21-22H,15-16,18,20H2,1-5H3,(H,36,43);8-11,16,18-20H,7,12-15,17H2,1-6H3,(H,34,41)/t2*22-;20-/m000/s1. The molecular formula is C97H119F3N18O12. The van der Waals surface area contributed by atoms with Crippen LogP contribution in [0.4, 0.5) is 27.6 Å². The molecule has 10 aromatic rings. The second kappa shape index (κ2) is 38.8. The largest absolute Gasteiger partial charge is 0.445 e. The number of piperazine rings is 3. The topological polar surface area (TPSA) is 327 Å². The Bertz CT molecular complexity index is 5830. The highest BCUT2D eigenvalue weighted by Gasteiger charge is 2.51. The summed E-state index contributed by atoms with van der Waals surface area (Å²) in [5.74, 6) is -1.87. The van der Waals surface area contributed by atoms with Crippen molar-refractivity contribution in [3.63, 3.8) is 0 Å². The number of ether oxygens (including phenoxy) is 3. The lowest BCUT2D eigenvalue weighted by molar-refractivity contribution is -0.146. The molecule has 130 heavy (non-hydrogen) atoms. The van der Waals surface area contributed by atoms with Gasteiger partial charge in [-0.3, -0.25) is 28.8 Å². The SMILES string of the molecule is CC(C)c1cc(-c2ccc(F)cc2)nn2cc(C(=O)N3CCN(C(=O)C(C)(C)NC(=O)OCc4ccccc4)[C@@H](C)C3)nc12.CC(C)c1cc(-c2ccc(F)cc2)nn2cc(C(=O)N3CCN(C(=O)C4(NC(=O)OC(C)(C)C)CCC4)[C@@H](C)C3)nc12.CC(C)c1cc(-c2ccc(F)cc2)nn2cc(C(=O)N3CCN(C(=O)C4(NC(=O)OC(C)(C)C)CCCCC4)[C@@H](C)C3)nc12. The summed E-state index contributed by atoms with van der Waals surface area (Å²) in [6.07, 6.45) is 8.81. The van der Waals surface area contributed by atoms with E-state index in [-0.39, 0.29) is 112 Å². The second-order valence-electron chi connectivity index (χ2n) is 38.1. The van der Waals surface area contributed by atoms with Crippen molar-refractivity contribution >= 4 is 70.7 Å². The minimum absolute atomic E-state index is 0.0962. The van der Waals surface area contributed by atoms with Crippen LogP contribution in [-0.2, 0) is 35.2 Å². The minimum Gasteiger partial charge on any atom is -0.445 e. The number of alkyl carbamates (subject to hydrolysis) is 3. The maximum absolute atomic E-state index is 14.0. The minimum atomic E-state index is -1.21. The smallest absolute Gasteiger partial charge is 0.408 e. The Morgan fingerprint density at radius 3 is 1.05 bits per heavy atom. The number of benzene rings is 4. The van der Waals surface area contributed by atoms with Crippen molar-refractivity contribution in [2.45, 2.75) is 239 Å². The third-order valence-corrected chi connectivity index (χ3v) is 24.2. The summed E-state index contributed by atoms with van der Waals surface area (Å²) in [6.45, 7) is 35.1. The molecule has 15 rings (SSSR count). The molecule has 5 fully saturated rings. The summed E-state index contributed by atoms with van der Waals surface area (Å²) in [7, 11) is 0. The molecule has 2 aliphatic carbocycles. The average Bonchev–Trinajstić information content (AvgIpc) is 1.75. The fourth-order valence-corrected chi connectivity index (χ4v) is 17.1. The zero-order chi connectivity index (χ0) is 93.8. The van der Waals surface area contributed by atoms with Gasteiger partial charge in [-0.1, -0.05) is 91.1 Å². The summed E-state index contributed by atoms with van der Waals surface area (Å²) >= 11 is 0. The maximum Gasteiger partial charge on any atom is 0.408 e. The van der Waals surface area contributed by atoms with Crippen molar-refractivity contribution in [3.8, 4) is 33.8 Å². The van der Waals surface area contributed by atoms with Gasteiger partial charge in [0.05, 0.1) is 35.7 Å². The second-order valence-corrected chi connectivity index (χ2v) is 38.1. The summed E-state index contributed by atoms with van der Waals surface area (Å²) in [6, 6.07) is 32.7. The Labute approximate surface area is 755 Å². The first-order valence-electron chi connectivity index (χ1n) is 44.8. The van der Waals surface area contributed by atoms with Gasteiger partial charge in [-0.15, -0.1) is 0 Å². The van der Waals surface area contributed by atoms with E-state index in [1.54, 1.807) is 153 Å². The van der Waals surface area contributed by atoms with Crippen LogP contribution in [0.15, 0.2) is 140 Å². The third kappa shape index (κ3) is 21.8. The molecule has 0 spiro atoms. The summed E-state index contributed by atoms with van der Waals surface area (Å²) in [5, 5.41) is 22.5. The van der Waals surface area contributed by atoms with Gasteiger partial charge in [-0.05, 0) is 223 Å². The first kappa shape index (κ1) is 94.8. The number of fused-ring (bicyclic) bond motifs is 3. The van der Waals surface area contributed by atoms with Crippen LogP contribution in [0.25, 0.3) is 50.7 Å². The zero-order valence-corrected chi connectivity index (χ0v) is 77.2. The van der Waals surface area contributed by atoms with Gasteiger partial charge in [0.1, 0.15) is 69.0 Å². The van der Waals surface area contributed by atoms with Crippen LogP contribution in [0.3, 0.4) is 0 Å². The van der Waals surface area contributed by atoms with Gasteiger partial charge < -0.3 is 59.6 Å². The van der Waals surface area contributed by atoms with Crippen molar-refractivity contribution in [2.24, 2.45) is 0 Å². The normalized spacial score (nSPS) is 17.6. The Balaban J connectivity index is 0.000000166. The van der Waals surface area contributed by atoms with Crippen molar-refractivity contribution in [3.05, 3.63) is 197 Å². The van der Waals surface area contributed by atoms with Gasteiger partial charge in [0.15, 0.2) is 16.9 Å². The maximum atomic E-state index is 14.0. The predicted octanol–water partition coefficient (Wildman–Crippen LogP) is 15.4. The van der Waals surface area contributed by atoms with Gasteiger partial charge >= 0.3 is 18.3 Å². The average molecular weight is 1790 g/mol. The molecule has 9 heterocycles. The molecule has 5 aliphatic rings. The number of aromatic nitrogens is 9. The van der Waals surface area contributed by atoms with Crippen LogP contribution in [-0.4, -0.2) is 232 Å². The number of imidazole rings is 3. The van der Waals surface area contributed by atoms with Crippen LogP contribution >= 0.6 is 0 Å². The molecule has 0 radical (unpaired) electrons. The van der Waals surface area contributed by atoms with E-state index in [4.69, 9.17) is 19.2 Å². The fourth-order valence-electron chi connectivity index (χ4n) is 17.1. The molecule has 0 unspecified atom stereocenters. The number of carbonyl (C=O) groups excluding carboxylic acids is 9. The van der Waals surface area contributed by atoms with Gasteiger partial charge in [-0.25, -0.2) is 56.1 Å². The van der Waals surface area contributed by atoms with Crippen LogP contribution in [0.1, 0.15) is 241 Å². The molecule has 3 saturated heterocycles. The van der Waals surface area contributed by atoms with E-state index < -0.39 is 46.1 Å². The molecule has 9 amide bonds. The predicted molar refractivity (Wildman–Crippen MR) is 484 cm³/mol. The molecule has 0 bridgehead atoms. The van der Waals surface area contributed by atoms with Crippen LogP contribution in [0.2, 0.25) is 0 Å². The number of hydrogen-bond acceptors (Lipinski definition) is 18. The van der Waals surface area contributed by atoms with E-state index in [1.807, 2.05) is 97.0 Å². The number of nitrogens with zero attached hydrogens (tertiary/aromatic N) is 15. The van der Waals surface area contributed by atoms with E-state index in [2.05, 4.69) is 55.1 Å². The Hall–Kier alpha value is -12.8. The number of amides is 9. The van der Waals surface area contributed by atoms with E-state index in [9.17, 15) is 56.3 Å². The number of nitrogens with one attached hydrogen (secondary N) is 3. The van der Waals surface area contributed by atoms with Crippen LogP contribution < -0.4 is 16.0 Å². The highest BCUT2D eigenvalue weighted by atomic mass is 19.1. The molecule has 33 heteroatoms. The highest BCUT2D eigenvalue weighted by Crippen LogP contribution is 2.38. The lowest BCUT2D eigenvalue weighted by Gasteiger charge is -2.48. The lowest BCUT2D eigenvalue weighted by Crippen LogP contribution is -2.67. The molecule has 690 valence electrons. The Morgan fingerprint density at radius 2 is 0.746 bits per heavy atom. The van der Waals surface area contributed by atoms with E-state index in [0.29, 0.717) is 119 Å². The Kier molecular flexibility index (Phi) is 28.3. The van der Waals surface area contributed by atoms with Crippen molar-refractivity contribution in [1.82, 2.24) is 89.1 Å². The quantitative estimate of drug-likeness (QED) is 0.0713. The summed E-state index contributed by atoms with van der Waals surface area (Å²) < 4.78 is 61.6. The number of hydrogen-bond donors (Lipinski definition) is 3. The number of rotatable bonds is 17. The molecule has 3 N–H and O–H groups in total. The van der Waals surface area contributed by atoms with Gasteiger partial charge in [0.25, 0.3) is 17.7 Å². The highest BCUT2D eigenvalue weighted by molar-refractivity contribution is 5.97. The number of carbonyl (C=O) groups is 9. The zero-order valence-electron chi connectivity index (χ0n) is 77.2. The molecule has 3 atom stereocenters. The fraction of sp³-hybridized carbons (Fsp3) is 0.474.